The third-order valence-corrected chi connectivity index (χ3v) is 5.33. The molecule has 0 aromatic heterocycles. The Morgan fingerprint density at radius 3 is 2.12 bits per heavy atom. The summed E-state index contributed by atoms with van der Waals surface area (Å²) >= 11 is 0. The van der Waals surface area contributed by atoms with E-state index >= 15 is 0 Å². The molecule has 0 aliphatic carbocycles. The summed E-state index contributed by atoms with van der Waals surface area (Å²) in [6, 6.07) is 16.0. The fourth-order valence-electron chi connectivity index (χ4n) is 3.71. The molecule has 9 heteroatoms. The molecule has 0 fully saturated rings. The van der Waals surface area contributed by atoms with E-state index in [0.29, 0.717) is 0 Å². The number of rotatable bonds is 6. The second-order valence-corrected chi connectivity index (χ2v) is 7.21. The Hall–Kier alpha value is -3.62. The number of nitrogens with one attached hydrogen (secondary N) is 1. The van der Waals surface area contributed by atoms with Gasteiger partial charge in [0.1, 0.15) is 5.57 Å². The van der Waals surface area contributed by atoms with E-state index in [1.54, 1.807) is 36.4 Å². The van der Waals surface area contributed by atoms with E-state index in [1.165, 1.54) is 31.2 Å². The maximum absolute atomic E-state index is 14.5. The van der Waals surface area contributed by atoms with E-state index < -0.39 is 35.1 Å². The van der Waals surface area contributed by atoms with Crippen LogP contribution in [0, 0.1) is 0 Å². The number of methoxy groups -OCH3 is 1. The Bertz CT molecular complexity index is 1050. The Labute approximate surface area is 182 Å². The number of alkyl halides is 3. The van der Waals surface area contributed by atoms with Crippen LogP contribution >= 0.6 is 0 Å². The number of hydrogen-bond donors (Lipinski definition) is 1. The number of esters is 1. The smallest absolute Gasteiger partial charge is 0.425 e. The van der Waals surface area contributed by atoms with Crippen molar-refractivity contribution in [1.29, 1.82) is 0 Å². The lowest BCUT2D eigenvalue weighted by atomic mass is 9.88. The average Bonchev–Trinajstić information content (AvgIpc) is 2.99. The molecule has 168 valence electrons. The molecule has 2 amide bonds. The van der Waals surface area contributed by atoms with Gasteiger partial charge < -0.3 is 15.0 Å². The van der Waals surface area contributed by atoms with Gasteiger partial charge in [0, 0.05) is 17.8 Å². The molecule has 32 heavy (non-hydrogen) atoms. The van der Waals surface area contributed by atoms with Crippen molar-refractivity contribution in [2.45, 2.75) is 25.1 Å². The Morgan fingerprint density at radius 2 is 1.59 bits per heavy atom. The molecule has 1 unspecified atom stereocenters. The molecule has 2 aromatic rings. The van der Waals surface area contributed by atoms with E-state index in [1.807, 2.05) is 5.32 Å². The van der Waals surface area contributed by atoms with Crippen molar-refractivity contribution in [3.8, 4) is 0 Å². The van der Waals surface area contributed by atoms with Crippen LogP contribution in [0.3, 0.4) is 0 Å². The summed E-state index contributed by atoms with van der Waals surface area (Å²) in [7, 11) is 0.917. The van der Waals surface area contributed by atoms with Gasteiger partial charge in [0.2, 0.25) is 0 Å². The van der Waals surface area contributed by atoms with Crippen molar-refractivity contribution in [1.82, 2.24) is 10.2 Å². The zero-order chi connectivity index (χ0) is 23.5. The fraction of sp³-hybridized carbons (Fsp3) is 0.261. The SMILES string of the molecule is COC(=O)C1=C(C)N(CCc2ccccc2)C(=O)C1(NC(=O)c1ccccc1)C(F)(F)F. The first-order chi connectivity index (χ1) is 15.1. The highest BCUT2D eigenvalue weighted by molar-refractivity contribution is 6.11. The van der Waals surface area contributed by atoms with Crippen LogP contribution in [0.4, 0.5) is 13.2 Å². The quantitative estimate of drug-likeness (QED) is 0.692. The standard InChI is InChI=1S/C23H21F3N2O4/c1-15-18(20(30)32-2)22(23(24,25)26,27-19(29)17-11-7-4-8-12-17)21(31)28(15)14-13-16-9-5-3-6-10-16/h3-12H,13-14H2,1-2H3,(H,27,29). The normalized spacial score (nSPS) is 18.7. The molecule has 0 saturated heterocycles. The first kappa shape index (κ1) is 23.1. The van der Waals surface area contributed by atoms with Crippen LogP contribution in [0.25, 0.3) is 0 Å². The maximum atomic E-state index is 14.5. The molecule has 1 aliphatic heterocycles. The molecule has 1 N–H and O–H groups in total. The minimum absolute atomic E-state index is 0.0893. The zero-order valence-corrected chi connectivity index (χ0v) is 17.4. The summed E-state index contributed by atoms with van der Waals surface area (Å²) in [5, 5.41) is 1.81. The average molecular weight is 446 g/mol. The second kappa shape index (κ2) is 8.86. The van der Waals surface area contributed by atoms with Gasteiger partial charge in [-0.15, -0.1) is 0 Å². The molecular formula is C23H21F3N2O4. The van der Waals surface area contributed by atoms with Gasteiger partial charge in [0.15, 0.2) is 0 Å². The Kier molecular flexibility index (Phi) is 6.38. The number of ether oxygens (including phenoxy) is 1. The van der Waals surface area contributed by atoms with Crippen molar-refractivity contribution in [3.05, 3.63) is 83.1 Å². The van der Waals surface area contributed by atoms with Crippen LogP contribution in [0.2, 0.25) is 0 Å². The van der Waals surface area contributed by atoms with E-state index in [4.69, 9.17) is 0 Å². The van der Waals surface area contributed by atoms with Crippen molar-refractivity contribution in [2.75, 3.05) is 13.7 Å². The van der Waals surface area contributed by atoms with E-state index in [9.17, 15) is 27.6 Å². The van der Waals surface area contributed by atoms with Crippen molar-refractivity contribution >= 4 is 17.8 Å². The fourth-order valence-corrected chi connectivity index (χ4v) is 3.71. The monoisotopic (exact) mass is 446 g/mol. The molecule has 2 aromatic carbocycles. The van der Waals surface area contributed by atoms with E-state index in [2.05, 4.69) is 4.74 Å². The molecule has 3 rings (SSSR count). The van der Waals surface area contributed by atoms with Crippen molar-refractivity contribution < 1.29 is 32.3 Å². The van der Waals surface area contributed by atoms with Gasteiger partial charge in [-0.25, -0.2) is 4.79 Å². The first-order valence-corrected chi connectivity index (χ1v) is 9.73. The predicted octanol–water partition coefficient (Wildman–Crippen LogP) is 3.25. The van der Waals surface area contributed by atoms with Crippen molar-refractivity contribution in [2.24, 2.45) is 0 Å². The summed E-state index contributed by atoms with van der Waals surface area (Å²) in [5.74, 6) is -3.94. The van der Waals surface area contributed by atoms with Gasteiger partial charge in [-0.1, -0.05) is 48.5 Å². The zero-order valence-electron chi connectivity index (χ0n) is 17.4. The van der Waals surface area contributed by atoms with Crippen LogP contribution in [0.15, 0.2) is 71.9 Å². The molecule has 1 aliphatic rings. The second-order valence-electron chi connectivity index (χ2n) is 7.21. The number of allylic oxidation sites excluding steroid dienone is 1. The number of hydrogen-bond acceptors (Lipinski definition) is 4. The lowest BCUT2D eigenvalue weighted by molar-refractivity contribution is -0.192. The number of carbonyl (C=O) groups is 3. The van der Waals surface area contributed by atoms with Crippen LogP contribution in [0.1, 0.15) is 22.8 Å². The molecule has 0 saturated carbocycles. The van der Waals surface area contributed by atoms with Gasteiger partial charge in [0.05, 0.1) is 7.11 Å². The first-order valence-electron chi connectivity index (χ1n) is 9.73. The Balaban J connectivity index is 2.06. The highest BCUT2D eigenvalue weighted by Crippen LogP contribution is 2.45. The highest BCUT2D eigenvalue weighted by atomic mass is 19.4. The minimum atomic E-state index is -5.30. The van der Waals surface area contributed by atoms with Crippen LogP contribution in [-0.2, 0) is 20.7 Å². The molecular weight excluding hydrogens is 425 g/mol. The predicted molar refractivity (Wildman–Crippen MR) is 109 cm³/mol. The van der Waals surface area contributed by atoms with Crippen LogP contribution < -0.4 is 5.32 Å². The molecule has 6 nitrogen and oxygen atoms in total. The largest absolute Gasteiger partial charge is 0.466 e. The summed E-state index contributed by atoms with van der Waals surface area (Å²) in [4.78, 5) is 39.3. The Morgan fingerprint density at radius 1 is 1.03 bits per heavy atom. The maximum Gasteiger partial charge on any atom is 0.425 e. The highest BCUT2D eigenvalue weighted by Gasteiger charge is 2.70. The molecule has 0 bridgehead atoms. The third-order valence-electron chi connectivity index (χ3n) is 5.33. The summed E-state index contributed by atoms with van der Waals surface area (Å²) in [6.07, 6.45) is -5.06. The van der Waals surface area contributed by atoms with E-state index in [-0.39, 0.29) is 24.2 Å². The lowest BCUT2D eigenvalue weighted by Gasteiger charge is -2.33. The minimum Gasteiger partial charge on any atom is -0.466 e. The van der Waals surface area contributed by atoms with Gasteiger partial charge in [0.25, 0.3) is 17.4 Å². The molecule has 1 heterocycles. The van der Waals surface area contributed by atoms with Gasteiger partial charge in [-0.3, -0.25) is 9.59 Å². The molecule has 0 spiro atoms. The number of nitrogens with zero attached hydrogens (tertiary/aromatic N) is 1. The number of benzene rings is 2. The summed E-state index contributed by atoms with van der Waals surface area (Å²) in [6.45, 7) is 1.12. The lowest BCUT2D eigenvalue weighted by Crippen LogP contribution is -2.66. The van der Waals surface area contributed by atoms with Crippen LogP contribution in [-0.4, -0.2) is 48.1 Å². The number of amides is 2. The van der Waals surface area contributed by atoms with Gasteiger partial charge >= 0.3 is 12.1 Å². The third kappa shape index (κ3) is 3.98. The number of carbonyl (C=O) groups excluding carboxylic acids is 3. The summed E-state index contributed by atoms with van der Waals surface area (Å²) < 4.78 is 48.1. The topological polar surface area (TPSA) is 75.7 Å². The van der Waals surface area contributed by atoms with Crippen molar-refractivity contribution in [3.63, 3.8) is 0 Å². The van der Waals surface area contributed by atoms with Gasteiger partial charge in [-0.05, 0) is 31.0 Å². The number of halogens is 3. The molecule has 1 atom stereocenters. The van der Waals surface area contributed by atoms with Crippen LogP contribution in [0.5, 0.6) is 0 Å². The summed E-state index contributed by atoms with van der Waals surface area (Å²) in [5.41, 5.74) is -4.02. The molecule has 0 radical (unpaired) electrons. The van der Waals surface area contributed by atoms with Gasteiger partial charge in [-0.2, -0.15) is 13.2 Å². The van der Waals surface area contributed by atoms with E-state index in [0.717, 1.165) is 17.6 Å².